The molecule has 0 aromatic heterocycles. The number of cyclic esters (lactones) is 1. The summed E-state index contributed by atoms with van der Waals surface area (Å²) in [7, 11) is 0. The molecular formula is C9H10O2. The molecule has 58 valence electrons. The molecule has 0 N–H and O–H groups in total. The first-order valence-corrected chi connectivity index (χ1v) is 4.21. The van der Waals surface area contributed by atoms with Crippen molar-refractivity contribution in [3.8, 4) is 0 Å². The summed E-state index contributed by atoms with van der Waals surface area (Å²) < 4.78 is 5.02. The molecule has 1 heterocycles. The quantitative estimate of drug-likeness (QED) is 0.380. The number of hydrogen-bond donors (Lipinski definition) is 0. The molecule has 1 aliphatic heterocycles. The Bertz CT molecular complexity index is 244. The average Bonchev–Trinajstić information content (AvgIpc) is 2.60. The second-order valence-electron chi connectivity index (χ2n) is 3.77. The predicted molar refractivity (Wildman–Crippen MR) is 38.7 cm³/mol. The van der Waals surface area contributed by atoms with Crippen molar-refractivity contribution in [1.29, 1.82) is 0 Å². The fourth-order valence-corrected chi connectivity index (χ4v) is 2.78. The third-order valence-electron chi connectivity index (χ3n) is 3.31. The van der Waals surface area contributed by atoms with Gasteiger partial charge in [-0.05, 0) is 18.3 Å². The summed E-state index contributed by atoms with van der Waals surface area (Å²) in [6.45, 7) is 0.676. The van der Waals surface area contributed by atoms with Gasteiger partial charge in [-0.3, -0.25) is 4.79 Å². The molecule has 3 aliphatic rings. The van der Waals surface area contributed by atoms with Gasteiger partial charge in [0.15, 0.2) is 0 Å². The van der Waals surface area contributed by atoms with Crippen molar-refractivity contribution >= 4 is 5.97 Å². The van der Waals surface area contributed by atoms with Gasteiger partial charge in [-0.1, -0.05) is 12.2 Å². The molecule has 4 atom stereocenters. The highest BCUT2D eigenvalue weighted by atomic mass is 16.5. The molecular weight excluding hydrogens is 140 g/mol. The van der Waals surface area contributed by atoms with Crippen LogP contribution in [0.15, 0.2) is 12.2 Å². The molecule has 2 heteroatoms. The number of rotatable bonds is 0. The van der Waals surface area contributed by atoms with Crippen molar-refractivity contribution in [3.63, 3.8) is 0 Å². The molecule has 2 unspecified atom stereocenters. The van der Waals surface area contributed by atoms with Crippen LogP contribution in [0.2, 0.25) is 0 Å². The maximum atomic E-state index is 11.2. The van der Waals surface area contributed by atoms with Crippen LogP contribution in [-0.4, -0.2) is 12.6 Å². The number of carbonyl (C=O) groups excluding carboxylic acids is 1. The average molecular weight is 150 g/mol. The fraction of sp³-hybridized carbons (Fsp3) is 0.667. The first kappa shape index (κ1) is 5.81. The van der Waals surface area contributed by atoms with Crippen LogP contribution in [0.4, 0.5) is 0 Å². The number of fused-ring (bicyclic) bond motifs is 5. The van der Waals surface area contributed by atoms with Gasteiger partial charge in [0.05, 0.1) is 12.5 Å². The molecule has 11 heavy (non-hydrogen) atoms. The normalized spacial score (nSPS) is 51.5. The first-order chi connectivity index (χ1) is 5.36. The van der Waals surface area contributed by atoms with Gasteiger partial charge >= 0.3 is 5.97 Å². The van der Waals surface area contributed by atoms with E-state index in [9.17, 15) is 4.79 Å². The highest BCUT2D eigenvalue weighted by molar-refractivity contribution is 5.76. The molecule has 2 fully saturated rings. The largest absolute Gasteiger partial charge is 0.465 e. The van der Waals surface area contributed by atoms with E-state index >= 15 is 0 Å². The van der Waals surface area contributed by atoms with Crippen LogP contribution in [0.3, 0.4) is 0 Å². The molecule has 0 amide bonds. The highest BCUT2D eigenvalue weighted by Gasteiger charge is 2.52. The summed E-state index contributed by atoms with van der Waals surface area (Å²) in [5.41, 5.74) is 0. The smallest absolute Gasteiger partial charge is 0.309 e. The summed E-state index contributed by atoms with van der Waals surface area (Å²) in [6.07, 6.45) is 5.65. The SMILES string of the molecule is O=C1OC[C@H]2C3C=CC(C3)[C@H]12. The van der Waals surface area contributed by atoms with Gasteiger partial charge in [-0.2, -0.15) is 0 Å². The Morgan fingerprint density at radius 2 is 2.18 bits per heavy atom. The third-order valence-corrected chi connectivity index (χ3v) is 3.31. The van der Waals surface area contributed by atoms with Gasteiger partial charge in [0, 0.05) is 5.92 Å². The Kier molecular flexibility index (Phi) is 0.888. The Balaban J connectivity index is 2.03. The van der Waals surface area contributed by atoms with Crippen LogP contribution in [0.25, 0.3) is 0 Å². The lowest BCUT2D eigenvalue weighted by Crippen LogP contribution is -2.19. The van der Waals surface area contributed by atoms with E-state index in [-0.39, 0.29) is 11.9 Å². The van der Waals surface area contributed by atoms with E-state index in [0.717, 1.165) is 0 Å². The van der Waals surface area contributed by atoms with E-state index in [1.807, 2.05) is 0 Å². The Hall–Kier alpha value is -0.790. The highest BCUT2D eigenvalue weighted by Crippen LogP contribution is 2.50. The van der Waals surface area contributed by atoms with Gasteiger partial charge < -0.3 is 4.74 Å². The Labute approximate surface area is 65.2 Å². The Morgan fingerprint density at radius 1 is 1.36 bits per heavy atom. The van der Waals surface area contributed by atoms with Crippen LogP contribution in [0.1, 0.15) is 6.42 Å². The summed E-state index contributed by atoms with van der Waals surface area (Å²) in [4.78, 5) is 11.2. The molecule has 1 saturated heterocycles. The van der Waals surface area contributed by atoms with Crippen molar-refractivity contribution in [2.45, 2.75) is 6.42 Å². The molecule has 0 radical (unpaired) electrons. The number of allylic oxidation sites excluding steroid dienone is 2. The van der Waals surface area contributed by atoms with E-state index in [4.69, 9.17) is 4.74 Å². The number of carbonyl (C=O) groups is 1. The van der Waals surface area contributed by atoms with Gasteiger partial charge in [-0.25, -0.2) is 0 Å². The number of hydrogen-bond acceptors (Lipinski definition) is 2. The lowest BCUT2D eigenvalue weighted by Gasteiger charge is -2.14. The molecule has 0 aromatic carbocycles. The van der Waals surface area contributed by atoms with Crippen molar-refractivity contribution in [2.24, 2.45) is 23.7 Å². The minimum Gasteiger partial charge on any atom is -0.465 e. The lowest BCUT2D eigenvalue weighted by molar-refractivity contribution is -0.142. The first-order valence-electron chi connectivity index (χ1n) is 4.21. The molecule has 2 aliphatic carbocycles. The molecule has 2 nitrogen and oxygen atoms in total. The van der Waals surface area contributed by atoms with Gasteiger partial charge in [0.25, 0.3) is 0 Å². The molecule has 1 saturated carbocycles. The van der Waals surface area contributed by atoms with E-state index in [0.29, 0.717) is 24.4 Å². The van der Waals surface area contributed by atoms with E-state index < -0.39 is 0 Å². The second kappa shape index (κ2) is 1.68. The van der Waals surface area contributed by atoms with Crippen molar-refractivity contribution in [1.82, 2.24) is 0 Å². The van der Waals surface area contributed by atoms with E-state index in [1.165, 1.54) is 6.42 Å². The summed E-state index contributed by atoms with van der Waals surface area (Å²) in [5.74, 6) is 1.96. The van der Waals surface area contributed by atoms with E-state index in [2.05, 4.69) is 12.2 Å². The summed E-state index contributed by atoms with van der Waals surface area (Å²) in [6, 6.07) is 0. The zero-order chi connectivity index (χ0) is 7.42. The zero-order valence-corrected chi connectivity index (χ0v) is 6.19. The molecule has 3 rings (SSSR count). The van der Waals surface area contributed by atoms with Crippen LogP contribution in [0, 0.1) is 23.7 Å². The molecule has 2 bridgehead atoms. The van der Waals surface area contributed by atoms with Gasteiger partial charge in [0.2, 0.25) is 0 Å². The van der Waals surface area contributed by atoms with Crippen LogP contribution in [0.5, 0.6) is 0 Å². The minimum absolute atomic E-state index is 0.0480. The van der Waals surface area contributed by atoms with E-state index in [1.54, 1.807) is 0 Å². The Morgan fingerprint density at radius 3 is 3.00 bits per heavy atom. The monoisotopic (exact) mass is 150 g/mol. The van der Waals surface area contributed by atoms with Gasteiger partial charge in [0.1, 0.15) is 0 Å². The van der Waals surface area contributed by atoms with Gasteiger partial charge in [-0.15, -0.1) is 0 Å². The minimum atomic E-state index is 0.0480. The number of ether oxygens (including phenoxy) is 1. The lowest BCUT2D eigenvalue weighted by atomic mass is 9.86. The van der Waals surface area contributed by atoms with Crippen molar-refractivity contribution in [2.75, 3.05) is 6.61 Å². The second-order valence-corrected chi connectivity index (χ2v) is 3.77. The topological polar surface area (TPSA) is 26.3 Å². The standard InChI is InChI=1S/C9H10O2/c10-9-8-6-2-1-5(3-6)7(8)4-11-9/h1-2,5-8H,3-4H2/t5?,6?,7-,8-/m0/s1. The van der Waals surface area contributed by atoms with Crippen LogP contribution >= 0.6 is 0 Å². The molecule has 0 spiro atoms. The van der Waals surface area contributed by atoms with Crippen molar-refractivity contribution in [3.05, 3.63) is 12.2 Å². The summed E-state index contributed by atoms with van der Waals surface area (Å²) >= 11 is 0. The number of esters is 1. The maximum Gasteiger partial charge on any atom is 0.309 e. The van der Waals surface area contributed by atoms with Crippen LogP contribution < -0.4 is 0 Å². The fourth-order valence-electron chi connectivity index (χ4n) is 2.78. The predicted octanol–water partition coefficient (Wildman–Crippen LogP) is 0.982. The van der Waals surface area contributed by atoms with Crippen LogP contribution in [-0.2, 0) is 9.53 Å². The third kappa shape index (κ3) is 0.561. The summed E-state index contributed by atoms with van der Waals surface area (Å²) in [5, 5.41) is 0. The zero-order valence-electron chi connectivity index (χ0n) is 6.19. The van der Waals surface area contributed by atoms with Crippen molar-refractivity contribution < 1.29 is 9.53 Å². The maximum absolute atomic E-state index is 11.2. The molecule has 0 aromatic rings.